The van der Waals surface area contributed by atoms with Crippen molar-refractivity contribution in [3.63, 3.8) is 0 Å². The Morgan fingerprint density at radius 3 is 2.64 bits per heavy atom. The number of nitrogens with one attached hydrogen (secondary N) is 1. The van der Waals surface area contributed by atoms with Crippen LogP contribution in [0.4, 0.5) is 0 Å². The van der Waals surface area contributed by atoms with Gasteiger partial charge in [-0.3, -0.25) is 4.79 Å². The maximum absolute atomic E-state index is 11.3. The zero-order valence-electron chi connectivity index (χ0n) is 8.82. The Hall–Kier alpha value is -0.610. The number of hydrogen-bond acceptors (Lipinski definition) is 4. The average Bonchev–Trinajstić information content (AvgIpc) is 2.70. The highest BCUT2D eigenvalue weighted by Gasteiger charge is 2.59. The van der Waals surface area contributed by atoms with Crippen LogP contribution in [-0.2, 0) is 9.53 Å². The van der Waals surface area contributed by atoms with Crippen LogP contribution in [0, 0.1) is 17.8 Å². The monoisotopic (exact) mass is 198 g/mol. The van der Waals surface area contributed by atoms with Gasteiger partial charge < -0.3 is 15.0 Å². The molecule has 0 amide bonds. The third-order valence-electron chi connectivity index (χ3n) is 3.42. The molecule has 2 atom stereocenters. The molecule has 4 heteroatoms. The zero-order chi connectivity index (χ0) is 10.1. The van der Waals surface area contributed by atoms with Gasteiger partial charge in [-0.25, -0.2) is 0 Å². The lowest BCUT2D eigenvalue weighted by molar-refractivity contribution is -0.143. The summed E-state index contributed by atoms with van der Waals surface area (Å²) in [5.74, 6) is 1.37. The van der Waals surface area contributed by atoms with Crippen LogP contribution in [0.15, 0.2) is 0 Å². The number of carbonyl (C=O) groups excluding carboxylic acids is 1. The summed E-state index contributed by atoms with van der Waals surface area (Å²) in [5.41, 5.74) is 0. The van der Waals surface area contributed by atoms with Crippen molar-refractivity contribution in [2.24, 2.45) is 17.8 Å². The standard InChI is InChI=1S/C10H18N2O2/c1-11-3-4-12-5-7-8(6-12)9(7)10(13)14-2/h7-9,11H,3-6H2,1-2H3. The summed E-state index contributed by atoms with van der Waals surface area (Å²) in [7, 11) is 3.45. The van der Waals surface area contributed by atoms with Crippen molar-refractivity contribution < 1.29 is 9.53 Å². The van der Waals surface area contributed by atoms with Gasteiger partial charge in [-0.2, -0.15) is 0 Å². The van der Waals surface area contributed by atoms with Crippen molar-refractivity contribution in [1.82, 2.24) is 10.2 Å². The molecule has 1 saturated heterocycles. The van der Waals surface area contributed by atoms with Crippen molar-refractivity contribution in [2.45, 2.75) is 0 Å². The van der Waals surface area contributed by atoms with E-state index in [1.54, 1.807) is 0 Å². The number of methoxy groups -OCH3 is 1. The number of ether oxygens (including phenoxy) is 1. The van der Waals surface area contributed by atoms with Gasteiger partial charge in [0.05, 0.1) is 13.0 Å². The summed E-state index contributed by atoms with van der Waals surface area (Å²) in [6.07, 6.45) is 0. The van der Waals surface area contributed by atoms with Crippen LogP contribution in [0.2, 0.25) is 0 Å². The molecule has 0 aromatic carbocycles. The highest BCUT2D eigenvalue weighted by molar-refractivity contribution is 5.76. The van der Waals surface area contributed by atoms with Gasteiger partial charge in [-0.05, 0) is 18.9 Å². The molecule has 2 rings (SSSR count). The molecule has 1 heterocycles. The normalized spacial score (nSPS) is 35.4. The molecule has 14 heavy (non-hydrogen) atoms. The van der Waals surface area contributed by atoms with Crippen LogP contribution >= 0.6 is 0 Å². The van der Waals surface area contributed by atoms with Crippen LogP contribution in [0.1, 0.15) is 0 Å². The average molecular weight is 198 g/mol. The van der Waals surface area contributed by atoms with E-state index in [0.29, 0.717) is 11.8 Å². The van der Waals surface area contributed by atoms with E-state index in [1.807, 2.05) is 7.05 Å². The number of esters is 1. The van der Waals surface area contributed by atoms with E-state index in [4.69, 9.17) is 4.74 Å². The molecule has 0 aromatic heterocycles. The Morgan fingerprint density at radius 2 is 2.14 bits per heavy atom. The molecule has 0 spiro atoms. The molecule has 2 aliphatic rings. The predicted molar refractivity (Wildman–Crippen MR) is 52.9 cm³/mol. The maximum Gasteiger partial charge on any atom is 0.309 e. The molecule has 2 unspecified atom stereocenters. The minimum Gasteiger partial charge on any atom is -0.469 e. The Balaban J connectivity index is 1.73. The van der Waals surface area contributed by atoms with Gasteiger partial charge in [0, 0.05) is 26.2 Å². The molecule has 1 saturated carbocycles. The Labute approximate surface area is 84.6 Å². The van der Waals surface area contributed by atoms with E-state index < -0.39 is 0 Å². The molecule has 2 fully saturated rings. The first kappa shape index (κ1) is 9.93. The number of piperidine rings is 1. The number of hydrogen-bond donors (Lipinski definition) is 1. The molecule has 80 valence electrons. The van der Waals surface area contributed by atoms with Gasteiger partial charge in [0.2, 0.25) is 0 Å². The van der Waals surface area contributed by atoms with Gasteiger partial charge in [0.25, 0.3) is 0 Å². The van der Waals surface area contributed by atoms with Crippen molar-refractivity contribution >= 4 is 5.97 Å². The summed E-state index contributed by atoms with van der Waals surface area (Å²) in [5, 5.41) is 3.14. The van der Waals surface area contributed by atoms with Gasteiger partial charge in [-0.15, -0.1) is 0 Å². The molecule has 0 bridgehead atoms. The number of likely N-dealkylation sites (tertiary alicyclic amines) is 1. The molecule has 1 aliphatic heterocycles. The fourth-order valence-electron chi connectivity index (χ4n) is 2.55. The molecular formula is C10H18N2O2. The molecule has 0 aromatic rings. The quantitative estimate of drug-likeness (QED) is 0.622. The zero-order valence-corrected chi connectivity index (χ0v) is 8.82. The molecule has 0 radical (unpaired) electrons. The summed E-state index contributed by atoms with van der Waals surface area (Å²) >= 11 is 0. The van der Waals surface area contributed by atoms with Crippen LogP contribution in [0.3, 0.4) is 0 Å². The Kier molecular flexibility index (Phi) is 2.74. The molecule has 1 N–H and O–H groups in total. The van der Waals surface area contributed by atoms with Crippen molar-refractivity contribution in [2.75, 3.05) is 40.3 Å². The van der Waals surface area contributed by atoms with Crippen LogP contribution in [-0.4, -0.2) is 51.2 Å². The SMILES string of the molecule is CNCCN1CC2C(C1)C2C(=O)OC. The van der Waals surface area contributed by atoms with Gasteiger partial charge in [0.1, 0.15) is 0 Å². The van der Waals surface area contributed by atoms with Crippen LogP contribution in [0.25, 0.3) is 0 Å². The second kappa shape index (κ2) is 3.87. The van der Waals surface area contributed by atoms with Crippen molar-refractivity contribution in [3.05, 3.63) is 0 Å². The summed E-state index contributed by atoms with van der Waals surface area (Å²) < 4.78 is 4.76. The number of nitrogens with zero attached hydrogens (tertiary/aromatic N) is 1. The minimum absolute atomic E-state index is 0.00623. The number of likely N-dealkylation sites (N-methyl/N-ethyl adjacent to an activating group) is 1. The smallest absolute Gasteiger partial charge is 0.309 e. The van der Waals surface area contributed by atoms with Crippen molar-refractivity contribution in [3.8, 4) is 0 Å². The first-order chi connectivity index (χ1) is 6.77. The second-order valence-corrected chi connectivity index (χ2v) is 4.24. The lowest BCUT2D eigenvalue weighted by Gasteiger charge is -2.18. The van der Waals surface area contributed by atoms with E-state index in [1.165, 1.54) is 7.11 Å². The van der Waals surface area contributed by atoms with E-state index in [2.05, 4.69) is 10.2 Å². The Bertz CT molecular complexity index is 220. The number of rotatable bonds is 4. The molecular weight excluding hydrogens is 180 g/mol. The molecule has 4 nitrogen and oxygen atoms in total. The topological polar surface area (TPSA) is 41.6 Å². The maximum atomic E-state index is 11.3. The lowest BCUT2D eigenvalue weighted by Crippen LogP contribution is -2.32. The first-order valence-corrected chi connectivity index (χ1v) is 5.22. The van der Waals surface area contributed by atoms with Gasteiger partial charge >= 0.3 is 5.97 Å². The second-order valence-electron chi connectivity index (χ2n) is 4.24. The van der Waals surface area contributed by atoms with E-state index in [9.17, 15) is 4.79 Å². The first-order valence-electron chi connectivity index (χ1n) is 5.22. The Morgan fingerprint density at radius 1 is 1.50 bits per heavy atom. The predicted octanol–water partition coefficient (Wildman–Crippen LogP) is -0.443. The van der Waals surface area contributed by atoms with Gasteiger partial charge in [0.15, 0.2) is 0 Å². The summed E-state index contributed by atoms with van der Waals surface area (Å²) in [4.78, 5) is 13.7. The fraction of sp³-hybridized carbons (Fsp3) is 0.900. The largest absolute Gasteiger partial charge is 0.469 e. The highest BCUT2D eigenvalue weighted by atomic mass is 16.5. The van der Waals surface area contributed by atoms with E-state index in [-0.39, 0.29) is 11.9 Å². The van der Waals surface area contributed by atoms with E-state index in [0.717, 1.165) is 26.2 Å². The van der Waals surface area contributed by atoms with E-state index >= 15 is 0 Å². The minimum atomic E-state index is -0.00623. The number of fused-ring (bicyclic) bond motifs is 1. The third-order valence-corrected chi connectivity index (χ3v) is 3.42. The number of carbonyl (C=O) groups is 1. The lowest BCUT2D eigenvalue weighted by atomic mass is 10.2. The van der Waals surface area contributed by atoms with Crippen LogP contribution in [0.5, 0.6) is 0 Å². The molecule has 1 aliphatic carbocycles. The summed E-state index contributed by atoms with van der Waals surface area (Å²) in [6, 6.07) is 0. The third kappa shape index (κ3) is 1.64. The van der Waals surface area contributed by atoms with Crippen LogP contribution < -0.4 is 5.32 Å². The van der Waals surface area contributed by atoms with Crippen molar-refractivity contribution in [1.29, 1.82) is 0 Å². The highest BCUT2D eigenvalue weighted by Crippen LogP contribution is 2.51. The summed E-state index contributed by atoms with van der Waals surface area (Å²) in [6.45, 7) is 4.28. The fourth-order valence-corrected chi connectivity index (χ4v) is 2.55. The van der Waals surface area contributed by atoms with Gasteiger partial charge in [-0.1, -0.05) is 0 Å².